The molecule has 0 saturated carbocycles. The molecule has 0 aliphatic rings. The zero-order valence-corrected chi connectivity index (χ0v) is 16.6. The van der Waals surface area contributed by atoms with Crippen molar-refractivity contribution in [1.29, 1.82) is 0 Å². The first kappa shape index (κ1) is 19.9. The summed E-state index contributed by atoms with van der Waals surface area (Å²) in [5.41, 5.74) is 3.59. The average Bonchev–Trinajstić information content (AvgIpc) is 2.75. The number of benzene rings is 3. The third kappa shape index (κ3) is 3.86. The summed E-state index contributed by atoms with van der Waals surface area (Å²) in [7, 11) is 8.76. The summed E-state index contributed by atoms with van der Waals surface area (Å²) in [5.74, 6) is 0.935. The van der Waals surface area contributed by atoms with Gasteiger partial charge in [-0.1, -0.05) is 54.2 Å². The van der Waals surface area contributed by atoms with Crippen LogP contribution in [0.25, 0.3) is 10.8 Å². The lowest BCUT2D eigenvalue weighted by molar-refractivity contribution is 0.0601. The average molecular weight is 372 g/mol. The Balaban J connectivity index is 2.21. The number of ether oxygens (including phenoxy) is 3. The van der Waals surface area contributed by atoms with Crippen LogP contribution in [0.1, 0.15) is 15.9 Å². The van der Waals surface area contributed by atoms with Crippen molar-refractivity contribution in [3.63, 3.8) is 0 Å². The van der Waals surface area contributed by atoms with Gasteiger partial charge in [0.1, 0.15) is 0 Å². The summed E-state index contributed by atoms with van der Waals surface area (Å²) in [5, 5.41) is 1.91. The fourth-order valence-electron chi connectivity index (χ4n) is 3.44. The molecule has 0 fully saturated rings. The van der Waals surface area contributed by atoms with Crippen LogP contribution in [0.2, 0.25) is 6.82 Å². The molecule has 28 heavy (non-hydrogen) atoms. The van der Waals surface area contributed by atoms with Crippen LogP contribution in [0.5, 0.6) is 11.5 Å². The number of fused-ring (bicyclic) bond motifs is 1. The Kier molecular flexibility index (Phi) is 6.30. The minimum absolute atomic E-state index is 0.368. The lowest BCUT2D eigenvalue weighted by Gasteiger charge is -2.18. The van der Waals surface area contributed by atoms with Gasteiger partial charge in [0.2, 0.25) is 0 Å². The molecular formula is C22H22B2O4. The Bertz CT molecular complexity index is 987. The minimum Gasteiger partial charge on any atom is -0.493 e. The van der Waals surface area contributed by atoms with Gasteiger partial charge in [-0.3, -0.25) is 0 Å². The maximum absolute atomic E-state index is 12.2. The molecular weight excluding hydrogens is 350 g/mol. The second kappa shape index (κ2) is 8.87. The molecule has 0 spiro atoms. The van der Waals surface area contributed by atoms with Gasteiger partial charge in [-0.05, 0) is 34.7 Å². The lowest BCUT2D eigenvalue weighted by Crippen LogP contribution is -2.28. The van der Waals surface area contributed by atoms with Crippen molar-refractivity contribution >= 4 is 42.2 Å². The Morgan fingerprint density at radius 2 is 1.75 bits per heavy atom. The highest BCUT2D eigenvalue weighted by atomic mass is 16.5. The highest BCUT2D eigenvalue weighted by molar-refractivity contribution is 6.64. The molecule has 0 bridgehead atoms. The normalized spacial score (nSPS) is 10.4. The molecule has 6 heteroatoms. The van der Waals surface area contributed by atoms with Crippen LogP contribution in [0.15, 0.2) is 48.5 Å². The molecule has 0 N–H and O–H groups in total. The third-order valence-corrected chi connectivity index (χ3v) is 4.76. The first-order valence-corrected chi connectivity index (χ1v) is 9.10. The van der Waals surface area contributed by atoms with E-state index in [4.69, 9.17) is 14.2 Å². The van der Waals surface area contributed by atoms with Crippen molar-refractivity contribution in [3.8, 4) is 11.5 Å². The van der Waals surface area contributed by atoms with Crippen LogP contribution in [0.3, 0.4) is 0 Å². The van der Waals surface area contributed by atoms with Gasteiger partial charge in [0.15, 0.2) is 26.1 Å². The smallest absolute Gasteiger partial charge is 0.337 e. The van der Waals surface area contributed by atoms with E-state index in [1.165, 1.54) is 12.7 Å². The second-order valence-electron chi connectivity index (χ2n) is 6.36. The number of hydrogen-bond acceptors (Lipinski definition) is 4. The van der Waals surface area contributed by atoms with Gasteiger partial charge in [0.25, 0.3) is 0 Å². The number of carbonyl (C=O) groups excluding carboxylic acids is 1. The first-order chi connectivity index (χ1) is 13.6. The van der Waals surface area contributed by atoms with Crippen LogP contribution in [-0.2, 0) is 11.1 Å². The number of esters is 1. The van der Waals surface area contributed by atoms with E-state index in [2.05, 4.69) is 19.4 Å². The Morgan fingerprint density at radius 3 is 2.36 bits per heavy atom. The van der Waals surface area contributed by atoms with Gasteiger partial charge < -0.3 is 14.2 Å². The van der Waals surface area contributed by atoms with Gasteiger partial charge in [0.05, 0.1) is 26.9 Å². The molecule has 0 atom stereocenters. The van der Waals surface area contributed by atoms with Crippen LogP contribution in [-0.4, -0.2) is 41.9 Å². The maximum Gasteiger partial charge on any atom is 0.337 e. The SMILES string of the molecule is C[B]c1c(OC)c(OC)cc2cc(C(=O)OC)cc([B]Cc3ccccc3)c12. The van der Waals surface area contributed by atoms with E-state index in [0.717, 1.165) is 28.0 Å². The van der Waals surface area contributed by atoms with Crippen molar-refractivity contribution < 1.29 is 19.0 Å². The zero-order chi connectivity index (χ0) is 20.1. The molecule has 2 radical (unpaired) electrons. The highest BCUT2D eigenvalue weighted by Crippen LogP contribution is 2.30. The van der Waals surface area contributed by atoms with E-state index in [1.807, 2.05) is 50.5 Å². The summed E-state index contributed by atoms with van der Waals surface area (Å²) in [6.45, 7) is 1.96. The topological polar surface area (TPSA) is 44.8 Å². The Labute approximate surface area is 167 Å². The molecule has 3 aromatic carbocycles. The predicted octanol–water partition coefficient (Wildman–Crippen LogP) is 2.55. The highest BCUT2D eigenvalue weighted by Gasteiger charge is 2.19. The standard InChI is InChI=1S/C22H22B2O4/c1-23-20-19-15(12-18(26-2)21(20)27-3)10-16(22(25)28-4)11-17(19)24-13-14-8-6-5-7-9-14/h5-12H,13H2,1-4H3. The quantitative estimate of drug-likeness (QED) is 0.473. The first-order valence-electron chi connectivity index (χ1n) is 9.10. The van der Waals surface area contributed by atoms with Gasteiger partial charge >= 0.3 is 5.97 Å². The number of rotatable bonds is 7. The molecule has 0 amide bonds. The molecule has 0 saturated heterocycles. The van der Waals surface area contributed by atoms with Crippen molar-refractivity contribution in [2.75, 3.05) is 21.3 Å². The number of methoxy groups -OCH3 is 3. The van der Waals surface area contributed by atoms with Crippen molar-refractivity contribution in [2.24, 2.45) is 0 Å². The van der Waals surface area contributed by atoms with Crippen LogP contribution < -0.4 is 20.4 Å². The van der Waals surface area contributed by atoms with Crippen molar-refractivity contribution in [1.82, 2.24) is 0 Å². The van der Waals surface area contributed by atoms with Gasteiger partial charge in [0, 0.05) is 0 Å². The largest absolute Gasteiger partial charge is 0.493 e. The van der Waals surface area contributed by atoms with E-state index in [-0.39, 0.29) is 5.97 Å². The molecule has 0 aliphatic carbocycles. The van der Waals surface area contributed by atoms with E-state index >= 15 is 0 Å². The van der Waals surface area contributed by atoms with Crippen molar-refractivity contribution in [2.45, 2.75) is 13.1 Å². The molecule has 140 valence electrons. The fourth-order valence-corrected chi connectivity index (χ4v) is 3.44. The molecule has 0 aromatic heterocycles. The monoisotopic (exact) mass is 372 g/mol. The zero-order valence-electron chi connectivity index (χ0n) is 16.6. The van der Waals surface area contributed by atoms with E-state index in [1.54, 1.807) is 14.2 Å². The van der Waals surface area contributed by atoms with E-state index in [0.29, 0.717) is 17.1 Å². The summed E-state index contributed by atoms with van der Waals surface area (Å²) < 4.78 is 16.1. The Morgan fingerprint density at radius 1 is 1.00 bits per heavy atom. The summed E-state index contributed by atoms with van der Waals surface area (Å²) >= 11 is 0. The Hall–Kier alpha value is -2.88. The molecule has 4 nitrogen and oxygen atoms in total. The number of carbonyl (C=O) groups is 1. The molecule has 0 heterocycles. The summed E-state index contributed by atoms with van der Waals surface area (Å²) in [6.07, 6.45) is 0.748. The van der Waals surface area contributed by atoms with Crippen molar-refractivity contribution in [3.05, 3.63) is 59.7 Å². The summed E-state index contributed by atoms with van der Waals surface area (Å²) in [4.78, 5) is 12.2. The molecule has 3 aromatic rings. The van der Waals surface area contributed by atoms with Crippen LogP contribution >= 0.6 is 0 Å². The van der Waals surface area contributed by atoms with Gasteiger partial charge in [-0.25, -0.2) is 4.79 Å². The molecule has 3 rings (SSSR count). The third-order valence-electron chi connectivity index (χ3n) is 4.76. The molecule has 0 unspecified atom stereocenters. The van der Waals surface area contributed by atoms with E-state index < -0.39 is 0 Å². The van der Waals surface area contributed by atoms with Gasteiger partial charge in [-0.2, -0.15) is 0 Å². The fraction of sp³-hybridized carbons (Fsp3) is 0.227. The number of hydrogen-bond donors (Lipinski definition) is 0. The van der Waals surface area contributed by atoms with Crippen LogP contribution in [0, 0.1) is 0 Å². The lowest BCUT2D eigenvalue weighted by atomic mass is 9.60. The summed E-state index contributed by atoms with van der Waals surface area (Å²) in [6, 6.07) is 15.8. The predicted molar refractivity (Wildman–Crippen MR) is 115 cm³/mol. The molecule has 0 aliphatic heterocycles. The van der Waals surface area contributed by atoms with Crippen LogP contribution in [0.4, 0.5) is 0 Å². The second-order valence-corrected chi connectivity index (χ2v) is 6.36. The van der Waals surface area contributed by atoms with E-state index in [9.17, 15) is 4.79 Å². The van der Waals surface area contributed by atoms with Gasteiger partial charge in [-0.15, -0.1) is 0 Å². The maximum atomic E-state index is 12.2. The minimum atomic E-state index is -0.368.